The topological polar surface area (TPSA) is 25.8 Å². The Morgan fingerprint density at radius 1 is 0.857 bits per heavy atom. The van der Waals surface area contributed by atoms with Crippen molar-refractivity contribution in [2.45, 2.75) is 0 Å². The number of hydrogen-bond donors (Lipinski definition) is 0. The zero-order chi connectivity index (χ0) is 10.3. The summed E-state index contributed by atoms with van der Waals surface area (Å²) in [7, 11) is 0. The van der Waals surface area contributed by atoms with E-state index in [4.69, 9.17) is 23.2 Å². The first-order valence-corrected chi connectivity index (χ1v) is 5.90. The molecule has 0 aliphatic heterocycles. The van der Waals surface area contributed by atoms with Crippen LogP contribution >= 0.6 is 55.1 Å². The monoisotopic (exact) mass is 354 g/mol. The van der Waals surface area contributed by atoms with Crippen molar-refractivity contribution < 1.29 is 0 Å². The van der Waals surface area contributed by atoms with Crippen molar-refractivity contribution in [3.05, 3.63) is 31.4 Å². The van der Waals surface area contributed by atoms with E-state index in [1.807, 2.05) is 12.1 Å². The molecular weight excluding hydrogens is 355 g/mol. The number of aromatic nitrogens is 2. The normalized spacial score (nSPS) is 10.9. The molecule has 2 aromatic rings. The molecule has 1 heterocycles. The minimum absolute atomic E-state index is 0.216. The quantitative estimate of drug-likeness (QED) is 0.696. The Balaban J connectivity index is 2.83. The second kappa shape index (κ2) is 3.93. The van der Waals surface area contributed by atoms with Crippen molar-refractivity contribution in [1.82, 2.24) is 9.97 Å². The van der Waals surface area contributed by atoms with Crippen LogP contribution in [0.25, 0.3) is 11.0 Å². The minimum atomic E-state index is 0.216. The fourth-order valence-corrected chi connectivity index (χ4v) is 1.94. The molecule has 14 heavy (non-hydrogen) atoms. The lowest BCUT2D eigenvalue weighted by Gasteiger charge is -2.01. The number of benzene rings is 1. The Labute approximate surface area is 107 Å². The molecule has 0 aliphatic rings. The Bertz CT molecular complexity index is 427. The Hall–Kier alpha value is 0.1000. The van der Waals surface area contributed by atoms with Gasteiger partial charge in [-0.3, -0.25) is 0 Å². The predicted molar refractivity (Wildman–Crippen MR) is 65.0 cm³/mol. The summed E-state index contributed by atoms with van der Waals surface area (Å²) in [5, 5.41) is 0.432. The highest BCUT2D eigenvalue weighted by Crippen LogP contribution is 2.29. The van der Waals surface area contributed by atoms with E-state index in [1.165, 1.54) is 0 Å². The van der Waals surface area contributed by atoms with E-state index >= 15 is 0 Å². The van der Waals surface area contributed by atoms with Gasteiger partial charge >= 0.3 is 0 Å². The molecule has 1 aromatic carbocycles. The van der Waals surface area contributed by atoms with Gasteiger partial charge in [-0.15, -0.1) is 0 Å². The van der Waals surface area contributed by atoms with Crippen molar-refractivity contribution in [1.29, 1.82) is 0 Å². The summed E-state index contributed by atoms with van der Waals surface area (Å²) in [6, 6.07) is 3.66. The maximum atomic E-state index is 5.75. The van der Waals surface area contributed by atoms with E-state index in [0.29, 0.717) is 11.0 Å². The molecule has 0 saturated heterocycles. The van der Waals surface area contributed by atoms with Crippen molar-refractivity contribution >= 4 is 66.1 Å². The third-order valence-corrected chi connectivity index (χ3v) is 4.09. The van der Waals surface area contributed by atoms with Crippen LogP contribution in [0.1, 0.15) is 0 Å². The van der Waals surface area contributed by atoms with Crippen LogP contribution in [-0.2, 0) is 0 Å². The van der Waals surface area contributed by atoms with Crippen LogP contribution in [0, 0.1) is 0 Å². The van der Waals surface area contributed by atoms with Crippen LogP contribution in [0.5, 0.6) is 0 Å². The molecule has 0 amide bonds. The van der Waals surface area contributed by atoms with Crippen molar-refractivity contribution in [3.63, 3.8) is 0 Å². The number of hydrogen-bond acceptors (Lipinski definition) is 2. The summed E-state index contributed by atoms with van der Waals surface area (Å²) in [5.74, 6) is 0. The Morgan fingerprint density at radius 2 is 1.21 bits per heavy atom. The standard InChI is InChI=1S/C8H2Br2Cl2N2/c9-3-1-5-6(2-4(3)10)14-8(12)7(11)13-5/h1-2H. The summed E-state index contributed by atoms with van der Waals surface area (Å²) in [5.41, 5.74) is 1.41. The third-order valence-electron chi connectivity index (χ3n) is 1.62. The molecule has 0 saturated carbocycles. The molecule has 2 rings (SSSR count). The maximum absolute atomic E-state index is 5.75. The Morgan fingerprint density at radius 3 is 1.57 bits per heavy atom. The van der Waals surface area contributed by atoms with Gasteiger partial charge in [0.1, 0.15) is 0 Å². The number of nitrogens with zero attached hydrogens (tertiary/aromatic N) is 2. The fourth-order valence-electron chi connectivity index (χ4n) is 1.01. The molecule has 2 nitrogen and oxygen atoms in total. The average Bonchev–Trinajstić information content (AvgIpc) is 2.11. The summed E-state index contributed by atoms with van der Waals surface area (Å²) >= 11 is 18.2. The highest BCUT2D eigenvalue weighted by Gasteiger charge is 2.06. The number of rotatable bonds is 0. The smallest absolute Gasteiger partial charge is 0.167 e. The zero-order valence-electron chi connectivity index (χ0n) is 6.56. The lowest BCUT2D eigenvalue weighted by molar-refractivity contribution is 1.29. The molecule has 6 heteroatoms. The first kappa shape index (κ1) is 10.6. The minimum Gasteiger partial charge on any atom is -0.231 e. The fraction of sp³-hybridized carbons (Fsp3) is 0. The molecule has 0 fully saturated rings. The molecule has 1 aromatic heterocycles. The van der Waals surface area contributed by atoms with Gasteiger partial charge in [-0.2, -0.15) is 0 Å². The molecule has 0 bridgehead atoms. The van der Waals surface area contributed by atoms with Crippen molar-refractivity contribution in [3.8, 4) is 0 Å². The second-order valence-corrected chi connectivity index (χ2v) is 4.98. The van der Waals surface area contributed by atoms with Gasteiger partial charge in [0.2, 0.25) is 0 Å². The molecule has 0 spiro atoms. The molecule has 0 radical (unpaired) electrons. The molecule has 0 unspecified atom stereocenters. The number of fused-ring (bicyclic) bond motifs is 1. The van der Waals surface area contributed by atoms with Crippen LogP contribution in [0.2, 0.25) is 10.3 Å². The van der Waals surface area contributed by atoms with Crippen molar-refractivity contribution in [2.75, 3.05) is 0 Å². The van der Waals surface area contributed by atoms with Gasteiger partial charge in [-0.1, -0.05) is 23.2 Å². The van der Waals surface area contributed by atoms with Crippen LogP contribution < -0.4 is 0 Å². The van der Waals surface area contributed by atoms with Gasteiger partial charge < -0.3 is 0 Å². The first-order valence-electron chi connectivity index (χ1n) is 3.56. The zero-order valence-corrected chi connectivity index (χ0v) is 11.2. The first-order chi connectivity index (χ1) is 6.58. The van der Waals surface area contributed by atoms with Gasteiger partial charge in [-0.25, -0.2) is 9.97 Å². The molecule has 72 valence electrons. The van der Waals surface area contributed by atoms with E-state index in [9.17, 15) is 0 Å². The highest BCUT2D eigenvalue weighted by atomic mass is 79.9. The largest absolute Gasteiger partial charge is 0.231 e. The molecule has 0 aliphatic carbocycles. The molecule has 0 N–H and O–H groups in total. The summed E-state index contributed by atoms with van der Waals surface area (Å²) in [6.45, 7) is 0. The van der Waals surface area contributed by atoms with E-state index < -0.39 is 0 Å². The predicted octanol–water partition coefficient (Wildman–Crippen LogP) is 4.46. The lowest BCUT2D eigenvalue weighted by atomic mass is 10.3. The SMILES string of the molecule is Clc1nc2cc(Br)c(Br)cc2nc1Cl. The average molecular weight is 357 g/mol. The van der Waals surface area contributed by atoms with Gasteiger partial charge in [-0.05, 0) is 44.0 Å². The third kappa shape index (κ3) is 1.89. The van der Waals surface area contributed by atoms with Crippen LogP contribution in [-0.4, -0.2) is 9.97 Å². The summed E-state index contributed by atoms with van der Waals surface area (Å²) in [6.07, 6.45) is 0. The van der Waals surface area contributed by atoms with E-state index in [-0.39, 0.29) is 10.3 Å². The van der Waals surface area contributed by atoms with Crippen LogP contribution in [0.15, 0.2) is 21.1 Å². The van der Waals surface area contributed by atoms with Crippen LogP contribution in [0.4, 0.5) is 0 Å². The van der Waals surface area contributed by atoms with Crippen molar-refractivity contribution in [2.24, 2.45) is 0 Å². The highest BCUT2D eigenvalue weighted by molar-refractivity contribution is 9.13. The maximum Gasteiger partial charge on any atom is 0.167 e. The van der Waals surface area contributed by atoms with E-state index in [2.05, 4.69) is 41.8 Å². The van der Waals surface area contributed by atoms with Gasteiger partial charge in [0.15, 0.2) is 10.3 Å². The lowest BCUT2D eigenvalue weighted by Crippen LogP contribution is -1.87. The van der Waals surface area contributed by atoms with Gasteiger partial charge in [0.05, 0.1) is 11.0 Å². The van der Waals surface area contributed by atoms with Gasteiger partial charge in [0.25, 0.3) is 0 Å². The second-order valence-electron chi connectivity index (χ2n) is 2.56. The van der Waals surface area contributed by atoms with E-state index in [0.717, 1.165) is 8.95 Å². The van der Waals surface area contributed by atoms with Gasteiger partial charge in [0, 0.05) is 8.95 Å². The van der Waals surface area contributed by atoms with E-state index in [1.54, 1.807) is 0 Å². The molecular formula is C8H2Br2Cl2N2. The number of halogens is 4. The van der Waals surface area contributed by atoms with Crippen LogP contribution in [0.3, 0.4) is 0 Å². The molecule has 0 atom stereocenters. The summed E-state index contributed by atoms with van der Waals surface area (Å²) < 4.78 is 1.80. The summed E-state index contributed by atoms with van der Waals surface area (Å²) in [4.78, 5) is 8.19. The Kier molecular flexibility index (Phi) is 2.98.